The molecule has 0 aliphatic rings. The molecule has 2 aromatic heterocycles. The number of thiazole rings is 1. The third kappa shape index (κ3) is 3.09. The quantitative estimate of drug-likeness (QED) is 0.641. The number of pyridine rings is 1. The molecule has 0 bridgehead atoms. The smallest absolute Gasteiger partial charge is 0.0897 e. The van der Waals surface area contributed by atoms with E-state index in [4.69, 9.17) is 5.84 Å². The molecule has 0 fully saturated rings. The second-order valence-corrected chi connectivity index (χ2v) is 5.05. The van der Waals surface area contributed by atoms with Gasteiger partial charge in [-0.2, -0.15) is 0 Å². The van der Waals surface area contributed by atoms with Crippen LogP contribution in [0.5, 0.6) is 0 Å². The van der Waals surface area contributed by atoms with Crippen LogP contribution in [0.15, 0.2) is 23.6 Å². The van der Waals surface area contributed by atoms with Crippen molar-refractivity contribution in [2.45, 2.75) is 26.3 Å². The lowest BCUT2D eigenvalue weighted by molar-refractivity contribution is 0.532. The van der Waals surface area contributed by atoms with Gasteiger partial charge in [-0.05, 0) is 26.0 Å². The molecule has 1 atom stereocenters. The van der Waals surface area contributed by atoms with Crippen molar-refractivity contribution in [3.8, 4) is 0 Å². The summed E-state index contributed by atoms with van der Waals surface area (Å²) in [7, 11) is 0. The summed E-state index contributed by atoms with van der Waals surface area (Å²) in [5, 5.41) is 3.14. The maximum absolute atomic E-state index is 5.60. The van der Waals surface area contributed by atoms with E-state index in [2.05, 4.69) is 20.8 Å². The van der Waals surface area contributed by atoms with E-state index in [0.29, 0.717) is 0 Å². The van der Waals surface area contributed by atoms with E-state index in [0.717, 1.165) is 28.5 Å². The third-order valence-electron chi connectivity index (χ3n) is 2.55. The average molecular weight is 248 g/mol. The van der Waals surface area contributed by atoms with Crippen LogP contribution in [-0.4, -0.2) is 9.97 Å². The molecule has 2 rings (SSSR count). The second kappa shape index (κ2) is 5.35. The first kappa shape index (κ1) is 12.2. The molecule has 17 heavy (non-hydrogen) atoms. The van der Waals surface area contributed by atoms with Crippen molar-refractivity contribution in [3.05, 3.63) is 45.7 Å². The van der Waals surface area contributed by atoms with Gasteiger partial charge >= 0.3 is 0 Å². The molecule has 0 spiro atoms. The molecule has 2 heterocycles. The van der Waals surface area contributed by atoms with Crippen LogP contribution in [0.2, 0.25) is 0 Å². The van der Waals surface area contributed by atoms with Crippen LogP contribution in [0.25, 0.3) is 0 Å². The molecule has 0 aliphatic heterocycles. The number of hydrogen-bond donors (Lipinski definition) is 2. The molecular formula is C12H16N4S. The zero-order valence-corrected chi connectivity index (χ0v) is 10.8. The van der Waals surface area contributed by atoms with Gasteiger partial charge in [-0.3, -0.25) is 16.3 Å². The Hall–Kier alpha value is -1.30. The zero-order chi connectivity index (χ0) is 12.3. The molecule has 2 aromatic rings. The van der Waals surface area contributed by atoms with Crippen LogP contribution in [0.1, 0.15) is 28.1 Å². The molecule has 0 aliphatic carbocycles. The van der Waals surface area contributed by atoms with Crippen LogP contribution in [0.3, 0.4) is 0 Å². The van der Waals surface area contributed by atoms with E-state index in [-0.39, 0.29) is 6.04 Å². The van der Waals surface area contributed by atoms with Crippen LogP contribution in [0.4, 0.5) is 0 Å². The Bertz CT molecular complexity index is 495. The molecule has 3 N–H and O–H groups in total. The Morgan fingerprint density at radius 2 is 2.18 bits per heavy atom. The largest absolute Gasteiger partial charge is 0.271 e. The minimum absolute atomic E-state index is 0.0106. The van der Waals surface area contributed by atoms with Gasteiger partial charge in [-0.15, -0.1) is 11.3 Å². The summed E-state index contributed by atoms with van der Waals surface area (Å²) >= 11 is 1.66. The zero-order valence-electron chi connectivity index (χ0n) is 9.97. The summed E-state index contributed by atoms with van der Waals surface area (Å²) < 4.78 is 0. The van der Waals surface area contributed by atoms with Crippen molar-refractivity contribution in [1.29, 1.82) is 0 Å². The first-order valence-corrected chi connectivity index (χ1v) is 6.37. The highest BCUT2D eigenvalue weighted by atomic mass is 32.1. The van der Waals surface area contributed by atoms with E-state index < -0.39 is 0 Å². The van der Waals surface area contributed by atoms with Gasteiger partial charge in [-0.1, -0.05) is 6.07 Å². The first-order valence-electron chi connectivity index (χ1n) is 5.49. The number of hydrazine groups is 1. The summed E-state index contributed by atoms with van der Waals surface area (Å²) in [6, 6.07) is 5.96. The van der Waals surface area contributed by atoms with Gasteiger partial charge in [0.1, 0.15) is 0 Å². The predicted molar refractivity (Wildman–Crippen MR) is 69.6 cm³/mol. The van der Waals surface area contributed by atoms with Crippen molar-refractivity contribution < 1.29 is 0 Å². The van der Waals surface area contributed by atoms with Crippen molar-refractivity contribution in [2.24, 2.45) is 5.84 Å². The highest BCUT2D eigenvalue weighted by Gasteiger charge is 2.13. The fraction of sp³-hybridized carbons (Fsp3) is 0.333. The molecule has 90 valence electrons. The summed E-state index contributed by atoms with van der Waals surface area (Å²) in [5.74, 6) is 5.60. The Kier molecular flexibility index (Phi) is 3.83. The number of hydrogen-bond acceptors (Lipinski definition) is 5. The molecule has 0 radical (unpaired) electrons. The maximum Gasteiger partial charge on any atom is 0.0897 e. The lowest BCUT2D eigenvalue weighted by atomic mass is 10.1. The Morgan fingerprint density at radius 1 is 1.35 bits per heavy atom. The predicted octanol–water partition coefficient (Wildman–Crippen LogP) is 1.90. The standard InChI is InChI=1S/C12H16N4S/c1-8-4-3-5-11(14-8)12(16-13)6-10-7-17-9(2)15-10/h3-5,7,12,16H,6,13H2,1-2H3. The minimum Gasteiger partial charge on any atom is -0.271 e. The van der Waals surface area contributed by atoms with E-state index in [9.17, 15) is 0 Å². The van der Waals surface area contributed by atoms with Gasteiger partial charge in [0.2, 0.25) is 0 Å². The molecule has 0 saturated heterocycles. The van der Waals surface area contributed by atoms with Crippen molar-refractivity contribution in [2.75, 3.05) is 0 Å². The molecule has 0 saturated carbocycles. The van der Waals surface area contributed by atoms with Crippen molar-refractivity contribution in [1.82, 2.24) is 15.4 Å². The normalized spacial score (nSPS) is 12.6. The van der Waals surface area contributed by atoms with Crippen LogP contribution < -0.4 is 11.3 Å². The number of nitrogens with zero attached hydrogens (tertiary/aromatic N) is 2. The number of nitrogens with one attached hydrogen (secondary N) is 1. The lowest BCUT2D eigenvalue weighted by Gasteiger charge is -2.14. The van der Waals surface area contributed by atoms with Crippen LogP contribution in [0, 0.1) is 13.8 Å². The van der Waals surface area contributed by atoms with Gasteiger partial charge in [0, 0.05) is 17.5 Å². The summed E-state index contributed by atoms with van der Waals surface area (Å²) in [6.07, 6.45) is 0.761. The van der Waals surface area contributed by atoms with Crippen LogP contribution in [-0.2, 0) is 6.42 Å². The van der Waals surface area contributed by atoms with Crippen molar-refractivity contribution in [3.63, 3.8) is 0 Å². The van der Waals surface area contributed by atoms with E-state index in [1.54, 1.807) is 11.3 Å². The van der Waals surface area contributed by atoms with Gasteiger partial charge < -0.3 is 0 Å². The minimum atomic E-state index is 0.0106. The molecular weight excluding hydrogens is 232 g/mol. The van der Waals surface area contributed by atoms with E-state index in [1.165, 1.54) is 0 Å². The summed E-state index contributed by atoms with van der Waals surface area (Å²) in [6.45, 7) is 3.98. The fourth-order valence-electron chi connectivity index (χ4n) is 1.72. The monoisotopic (exact) mass is 248 g/mol. The van der Waals surface area contributed by atoms with Gasteiger partial charge in [0.15, 0.2) is 0 Å². The number of rotatable bonds is 4. The average Bonchev–Trinajstić information content (AvgIpc) is 2.72. The summed E-state index contributed by atoms with van der Waals surface area (Å²) in [5.41, 5.74) is 5.81. The number of aromatic nitrogens is 2. The molecule has 5 heteroatoms. The maximum atomic E-state index is 5.60. The Balaban J connectivity index is 2.16. The SMILES string of the molecule is Cc1cccc(C(Cc2csc(C)n2)NN)n1. The van der Waals surface area contributed by atoms with Gasteiger partial charge in [0.25, 0.3) is 0 Å². The fourth-order valence-corrected chi connectivity index (χ4v) is 2.34. The molecule has 1 unspecified atom stereocenters. The van der Waals surface area contributed by atoms with E-state index in [1.807, 2.05) is 32.0 Å². The summed E-state index contributed by atoms with van der Waals surface area (Å²) in [4.78, 5) is 8.92. The van der Waals surface area contributed by atoms with E-state index >= 15 is 0 Å². The van der Waals surface area contributed by atoms with Crippen LogP contribution >= 0.6 is 11.3 Å². The highest BCUT2D eigenvalue weighted by molar-refractivity contribution is 7.09. The van der Waals surface area contributed by atoms with Gasteiger partial charge in [-0.25, -0.2) is 4.98 Å². The Labute approximate surface area is 105 Å². The third-order valence-corrected chi connectivity index (χ3v) is 3.37. The van der Waals surface area contributed by atoms with Crippen molar-refractivity contribution >= 4 is 11.3 Å². The number of nitrogens with two attached hydrogens (primary N) is 1. The second-order valence-electron chi connectivity index (χ2n) is 3.99. The first-order chi connectivity index (χ1) is 8.19. The molecule has 4 nitrogen and oxygen atoms in total. The number of aryl methyl sites for hydroxylation is 2. The lowest BCUT2D eigenvalue weighted by Crippen LogP contribution is -2.30. The van der Waals surface area contributed by atoms with Gasteiger partial charge in [0.05, 0.1) is 22.4 Å². The molecule has 0 aromatic carbocycles. The topological polar surface area (TPSA) is 63.8 Å². The molecule has 0 amide bonds. The highest BCUT2D eigenvalue weighted by Crippen LogP contribution is 2.17. The Morgan fingerprint density at radius 3 is 2.76 bits per heavy atom.